The molecule has 0 saturated carbocycles. The van der Waals surface area contributed by atoms with E-state index in [0.29, 0.717) is 6.42 Å². The van der Waals surface area contributed by atoms with Crippen molar-refractivity contribution in [2.24, 2.45) is 0 Å². The van der Waals surface area contributed by atoms with Crippen LogP contribution in [0.1, 0.15) is 24.0 Å². The molecule has 2 N–H and O–H groups in total. The minimum Gasteiger partial charge on any atom is -0.496 e. The summed E-state index contributed by atoms with van der Waals surface area (Å²) in [5, 5.41) is 5.94. The van der Waals surface area contributed by atoms with Gasteiger partial charge >= 0.3 is 0 Å². The van der Waals surface area contributed by atoms with Crippen LogP contribution in [0.2, 0.25) is 0 Å². The largest absolute Gasteiger partial charge is 0.496 e. The Morgan fingerprint density at radius 1 is 1.28 bits per heavy atom. The fraction of sp³-hybridized carbons (Fsp3) is 0.500. The molecule has 1 aromatic carbocycles. The highest BCUT2D eigenvalue weighted by Gasteiger charge is 2.07. The van der Waals surface area contributed by atoms with Gasteiger partial charge in [-0.05, 0) is 57.1 Å². The van der Waals surface area contributed by atoms with Gasteiger partial charge in [-0.3, -0.25) is 4.79 Å². The first-order chi connectivity index (χ1) is 8.58. The summed E-state index contributed by atoms with van der Waals surface area (Å²) in [6.45, 7) is 4.80. The number of carbonyl (C=O) groups is 1. The number of hydrogen-bond donors (Lipinski definition) is 2. The van der Waals surface area contributed by atoms with Gasteiger partial charge in [0.1, 0.15) is 5.75 Å². The van der Waals surface area contributed by atoms with Crippen LogP contribution in [0.3, 0.4) is 0 Å². The fourth-order valence-electron chi connectivity index (χ4n) is 1.99. The molecule has 0 radical (unpaired) electrons. The van der Waals surface area contributed by atoms with Gasteiger partial charge in [0, 0.05) is 12.1 Å². The number of carbonyl (C=O) groups excluding carboxylic acids is 1. The Labute approximate surface area is 109 Å². The molecule has 0 spiro atoms. The molecular formula is C14H22N2O2. The number of nitrogens with one attached hydrogen (secondary N) is 2. The summed E-state index contributed by atoms with van der Waals surface area (Å²) in [6.07, 6.45) is 1.38. The van der Waals surface area contributed by atoms with Crippen molar-refractivity contribution >= 4 is 11.6 Å². The molecule has 0 fully saturated rings. The Morgan fingerprint density at radius 3 is 2.39 bits per heavy atom. The normalized spacial score (nSPS) is 10.2. The van der Waals surface area contributed by atoms with Crippen LogP contribution in [0.4, 0.5) is 5.69 Å². The number of anilines is 1. The van der Waals surface area contributed by atoms with E-state index < -0.39 is 0 Å². The molecule has 4 heteroatoms. The van der Waals surface area contributed by atoms with Crippen LogP contribution < -0.4 is 15.4 Å². The summed E-state index contributed by atoms with van der Waals surface area (Å²) < 4.78 is 5.29. The molecule has 0 atom stereocenters. The predicted octanol–water partition coefficient (Wildman–Crippen LogP) is 2.25. The van der Waals surface area contributed by atoms with E-state index in [1.54, 1.807) is 7.11 Å². The van der Waals surface area contributed by atoms with Crippen molar-refractivity contribution in [1.82, 2.24) is 5.32 Å². The van der Waals surface area contributed by atoms with Crippen LogP contribution in [0.5, 0.6) is 5.75 Å². The van der Waals surface area contributed by atoms with Crippen LogP contribution in [-0.2, 0) is 4.79 Å². The van der Waals surface area contributed by atoms with Gasteiger partial charge in [0.05, 0.1) is 7.11 Å². The molecule has 1 rings (SSSR count). The highest BCUT2D eigenvalue weighted by molar-refractivity contribution is 5.91. The Balaban J connectivity index is 2.65. The molecule has 0 aliphatic heterocycles. The van der Waals surface area contributed by atoms with Crippen molar-refractivity contribution in [2.75, 3.05) is 26.0 Å². The number of amides is 1. The van der Waals surface area contributed by atoms with Gasteiger partial charge in [-0.2, -0.15) is 0 Å². The summed E-state index contributed by atoms with van der Waals surface area (Å²) >= 11 is 0. The summed E-state index contributed by atoms with van der Waals surface area (Å²) in [5.74, 6) is 0.928. The topological polar surface area (TPSA) is 50.4 Å². The van der Waals surface area contributed by atoms with E-state index in [-0.39, 0.29) is 5.91 Å². The lowest BCUT2D eigenvalue weighted by atomic mass is 10.1. The summed E-state index contributed by atoms with van der Waals surface area (Å²) in [4.78, 5) is 11.7. The number of methoxy groups -OCH3 is 1. The number of hydrogen-bond acceptors (Lipinski definition) is 3. The summed E-state index contributed by atoms with van der Waals surface area (Å²) in [6, 6.07) is 3.86. The molecule has 4 nitrogen and oxygen atoms in total. The maximum absolute atomic E-state index is 11.7. The van der Waals surface area contributed by atoms with E-state index in [0.717, 1.165) is 35.5 Å². The second-order valence-corrected chi connectivity index (χ2v) is 4.40. The van der Waals surface area contributed by atoms with Crippen LogP contribution >= 0.6 is 0 Å². The summed E-state index contributed by atoms with van der Waals surface area (Å²) in [5.41, 5.74) is 2.89. The van der Waals surface area contributed by atoms with Crippen LogP contribution in [0, 0.1) is 13.8 Å². The van der Waals surface area contributed by atoms with E-state index >= 15 is 0 Å². The standard InChI is InChI=1S/C14H22N2O2/c1-10-8-12(9-11(2)14(10)18-4)16-13(17)6-5-7-15-3/h8-9,15H,5-7H2,1-4H3,(H,16,17). The average Bonchev–Trinajstić information content (AvgIpc) is 2.29. The molecule has 18 heavy (non-hydrogen) atoms. The molecule has 100 valence electrons. The van der Waals surface area contributed by atoms with Crippen molar-refractivity contribution in [2.45, 2.75) is 26.7 Å². The Hall–Kier alpha value is -1.55. The van der Waals surface area contributed by atoms with Crippen molar-refractivity contribution in [3.63, 3.8) is 0 Å². The Kier molecular flexibility index (Phi) is 5.65. The van der Waals surface area contributed by atoms with Crippen molar-refractivity contribution in [3.05, 3.63) is 23.3 Å². The zero-order chi connectivity index (χ0) is 13.5. The van der Waals surface area contributed by atoms with Gasteiger partial charge in [-0.1, -0.05) is 0 Å². The second-order valence-electron chi connectivity index (χ2n) is 4.40. The summed E-state index contributed by atoms with van der Waals surface area (Å²) in [7, 11) is 3.54. The van der Waals surface area contributed by atoms with Crippen LogP contribution in [0.15, 0.2) is 12.1 Å². The SMILES string of the molecule is CNCCCC(=O)Nc1cc(C)c(OC)c(C)c1. The monoisotopic (exact) mass is 250 g/mol. The van der Waals surface area contributed by atoms with Crippen LogP contribution in [0.25, 0.3) is 0 Å². The molecule has 0 aromatic heterocycles. The van der Waals surface area contributed by atoms with Gasteiger partial charge in [0.2, 0.25) is 5.91 Å². The van der Waals surface area contributed by atoms with Gasteiger partial charge < -0.3 is 15.4 Å². The molecule has 1 aromatic rings. The van der Waals surface area contributed by atoms with E-state index in [2.05, 4.69) is 10.6 Å². The fourth-order valence-corrected chi connectivity index (χ4v) is 1.99. The lowest BCUT2D eigenvalue weighted by Gasteiger charge is -2.12. The molecule has 0 heterocycles. The zero-order valence-electron chi connectivity index (χ0n) is 11.6. The third kappa shape index (κ3) is 4.04. The van der Waals surface area contributed by atoms with Gasteiger partial charge in [-0.15, -0.1) is 0 Å². The first-order valence-electron chi connectivity index (χ1n) is 6.18. The quantitative estimate of drug-likeness (QED) is 0.761. The zero-order valence-corrected chi connectivity index (χ0v) is 11.6. The maximum Gasteiger partial charge on any atom is 0.224 e. The highest BCUT2D eigenvalue weighted by atomic mass is 16.5. The molecule has 0 unspecified atom stereocenters. The predicted molar refractivity (Wildman–Crippen MR) is 74.3 cm³/mol. The number of aryl methyl sites for hydroxylation is 2. The van der Waals surface area contributed by atoms with E-state index in [1.165, 1.54) is 0 Å². The first-order valence-corrected chi connectivity index (χ1v) is 6.18. The van der Waals surface area contributed by atoms with E-state index in [9.17, 15) is 4.79 Å². The maximum atomic E-state index is 11.7. The second kappa shape index (κ2) is 7.01. The molecule has 0 aliphatic rings. The smallest absolute Gasteiger partial charge is 0.224 e. The van der Waals surface area contributed by atoms with E-state index in [1.807, 2.05) is 33.0 Å². The minimum absolute atomic E-state index is 0.0502. The van der Waals surface area contributed by atoms with Crippen molar-refractivity contribution in [3.8, 4) is 5.75 Å². The van der Waals surface area contributed by atoms with Crippen molar-refractivity contribution < 1.29 is 9.53 Å². The van der Waals surface area contributed by atoms with Crippen LogP contribution in [-0.4, -0.2) is 26.6 Å². The lowest BCUT2D eigenvalue weighted by molar-refractivity contribution is -0.116. The third-order valence-corrected chi connectivity index (χ3v) is 2.78. The molecule has 0 saturated heterocycles. The highest BCUT2D eigenvalue weighted by Crippen LogP contribution is 2.26. The van der Waals surface area contributed by atoms with Gasteiger partial charge in [0.25, 0.3) is 0 Å². The average molecular weight is 250 g/mol. The van der Waals surface area contributed by atoms with Gasteiger partial charge in [-0.25, -0.2) is 0 Å². The lowest BCUT2D eigenvalue weighted by Crippen LogP contribution is -2.15. The molecule has 0 bridgehead atoms. The Bertz CT molecular complexity index is 393. The van der Waals surface area contributed by atoms with Gasteiger partial charge in [0.15, 0.2) is 0 Å². The number of ether oxygens (including phenoxy) is 1. The Morgan fingerprint density at radius 2 is 1.89 bits per heavy atom. The molecule has 1 amide bonds. The first kappa shape index (κ1) is 14.5. The van der Waals surface area contributed by atoms with Crippen molar-refractivity contribution in [1.29, 1.82) is 0 Å². The minimum atomic E-state index is 0.0502. The van der Waals surface area contributed by atoms with E-state index in [4.69, 9.17) is 4.74 Å². The molecule has 0 aliphatic carbocycles. The molecular weight excluding hydrogens is 228 g/mol. The third-order valence-electron chi connectivity index (χ3n) is 2.78. The number of benzene rings is 1. The number of rotatable bonds is 6.